The van der Waals surface area contributed by atoms with Gasteiger partial charge in [0, 0.05) is 0 Å². The summed E-state index contributed by atoms with van der Waals surface area (Å²) in [6, 6.07) is 13.6. The first kappa shape index (κ1) is 15.8. The topological polar surface area (TPSA) is 83.5 Å². The molecule has 0 aromatic heterocycles. The van der Waals surface area contributed by atoms with Crippen molar-refractivity contribution < 1.29 is 18.3 Å². The quantitative estimate of drug-likeness (QED) is 0.887. The second-order valence-electron chi connectivity index (χ2n) is 4.66. The van der Waals surface area contributed by atoms with Crippen LogP contribution in [-0.2, 0) is 10.0 Å². The van der Waals surface area contributed by atoms with Gasteiger partial charge in [0.1, 0.15) is 0 Å². The third kappa shape index (κ3) is 3.95. The minimum absolute atomic E-state index is 0.0465. The van der Waals surface area contributed by atoms with E-state index in [1.54, 1.807) is 43.3 Å². The van der Waals surface area contributed by atoms with Gasteiger partial charge in [-0.05, 0) is 30.2 Å². The fourth-order valence-corrected chi connectivity index (χ4v) is 2.84. The molecule has 0 bridgehead atoms. The highest BCUT2D eigenvalue weighted by molar-refractivity contribution is 7.95. The molecule has 0 amide bonds. The third-order valence-electron chi connectivity index (χ3n) is 2.98. The van der Waals surface area contributed by atoms with E-state index in [4.69, 9.17) is 0 Å². The van der Waals surface area contributed by atoms with E-state index in [0.29, 0.717) is 5.56 Å². The Morgan fingerprint density at radius 2 is 1.77 bits per heavy atom. The number of nitrogens with one attached hydrogen (secondary N) is 1. The molecule has 0 unspecified atom stereocenters. The molecule has 2 aromatic rings. The zero-order valence-electron chi connectivity index (χ0n) is 11.9. The number of sulfonamides is 1. The highest BCUT2D eigenvalue weighted by Crippen LogP contribution is 2.21. The lowest BCUT2D eigenvalue weighted by molar-refractivity contribution is 0.0697. The fraction of sp³-hybridized carbons (Fsp3) is 0.0625. The van der Waals surface area contributed by atoms with Crippen molar-refractivity contribution in [2.24, 2.45) is 0 Å². The van der Waals surface area contributed by atoms with Gasteiger partial charge < -0.3 is 5.11 Å². The molecule has 2 aromatic carbocycles. The molecule has 2 N–H and O–H groups in total. The minimum Gasteiger partial charge on any atom is -0.478 e. The van der Waals surface area contributed by atoms with Crippen LogP contribution in [0, 0.1) is 6.92 Å². The molecule has 114 valence electrons. The van der Waals surface area contributed by atoms with Crippen LogP contribution in [0.2, 0.25) is 0 Å². The molecule has 0 aliphatic carbocycles. The maximum Gasteiger partial charge on any atom is 0.338 e. The zero-order chi connectivity index (χ0) is 16.2. The monoisotopic (exact) mass is 317 g/mol. The Balaban J connectivity index is 2.29. The molecule has 0 atom stereocenters. The van der Waals surface area contributed by atoms with Crippen molar-refractivity contribution in [3.05, 3.63) is 70.6 Å². The van der Waals surface area contributed by atoms with E-state index in [1.165, 1.54) is 12.1 Å². The Morgan fingerprint density at radius 3 is 2.41 bits per heavy atom. The first-order valence-electron chi connectivity index (χ1n) is 6.48. The molecule has 0 radical (unpaired) electrons. The zero-order valence-corrected chi connectivity index (χ0v) is 12.7. The third-order valence-corrected chi connectivity index (χ3v) is 3.98. The largest absolute Gasteiger partial charge is 0.478 e. The molecular formula is C16H15NO4S. The number of anilines is 1. The predicted molar refractivity (Wildman–Crippen MR) is 86.2 cm³/mol. The van der Waals surface area contributed by atoms with E-state index in [9.17, 15) is 18.3 Å². The summed E-state index contributed by atoms with van der Waals surface area (Å²) < 4.78 is 26.4. The summed E-state index contributed by atoms with van der Waals surface area (Å²) in [6.45, 7) is 1.61. The summed E-state index contributed by atoms with van der Waals surface area (Å²) in [5.74, 6) is -1.18. The Kier molecular flexibility index (Phi) is 4.62. The molecule has 5 nitrogen and oxygen atoms in total. The van der Waals surface area contributed by atoms with Crippen LogP contribution in [-0.4, -0.2) is 19.5 Å². The Labute approximate surface area is 129 Å². The molecule has 0 aliphatic heterocycles. The lowest BCUT2D eigenvalue weighted by atomic mass is 10.1. The number of carbonyl (C=O) groups is 1. The van der Waals surface area contributed by atoms with Crippen molar-refractivity contribution in [1.29, 1.82) is 0 Å². The van der Waals surface area contributed by atoms with E-state index in [0.717, 1.165) is 11.0 Å². The van der Waals surface area contributed by atoms with Crippen LogP contribution in [0.25, 0.3) is 6.08 Å². The Hall–Kier alpha value is -2.60. The minimum atomic E-state index is -3.80. The van der Waals surface area contributed by atoms with Gasteiger partial charge in [-0.3, -0.25) is 4.72 Å². The smallest absolute Gasteiger partial charge is 0.338 e. The standard InChI is InChI=1S/C16H15NO4S/c1-12-6-5-9-14(15(12)16(18)19)17-22(20,21)11-10-13-7-3-2-4-8-13/h2-11,17H,1H3,(H,18,19). The van der Waals surface area contributed by atoms with Crippen LogP contribution < -0.4 is 4.72 Å². The van der Waals surface area contributed by atoms with Crippen LogP contribution >= 0.6 is 0 Å². The number of hydrogen-bond acceptors (Lipinski definition) is 3. The van der Waals surface area contributed by atoms with Gasteiger partial charge in [0.05, 0.1) is 16.7 Å². The molecule has 0 fully saturated rings. The molecule has 0 heterocycles. The van der Waals surface area contributed by atoms with Gasteiger partial charge in [0.2, 0.25) is 0 Å². The fourth-order valence-electron chi connectivity index (χ4n) is 1.96. The van der Waals surface area contributed by atoms with Crippen molar-refractivity contribution in [2.45, 2.75) is 6.92 Å². The van der Waals surface area contributed by atoms with Gasteiger partial charge in [-0.2, -0.15) is 0 Å². The van der Waals surface area contributed by atoms with E-state index >= 15 is 0 Å². The summed E-state index contributed by atoms with van der Waals surface area (Å²) in [7, 11) is -3.80. The maximum atomic E-state index is 12.1. The Morgan fingerprint density at radius 1 is 1.09 bits per heavy atom. The summed E-state index contributed by atoms with van der Waals surface area (Å²) in [5.41, 5.74) is 1.21. The SMILES string of the molecule is Cc1cccc(NS(=O)(=O)C=Cc2ccccc2)c1C(=O)O. The van der Waals surface area contributed by atoms with Gasteiger partial charge in [0.15, 0.2) is 0 Å². The van der Waals surface area contributed by atoms with Crippen LogP contribution in [0.3, 0.4) is 0 Å². The van der Waals surface area contributed by atoms with Crippen molar-refractivity contribution in [2.75, 3.05) is 4.72 Å². The molecule has 0 saturated heterocycles. The Bertz CT molecular complexity index is 811. The van der Waals surface area contributed by atoms with Crippen molar-refractivity contribution in [1.82, 2.24) is 0 Å². The first-order valence-corrected chi connectivity index (χ1v) is 8.02. The average molecular weight is 317 g/mol. The molecule has 6 heteroatoms. The molecule has 0 aliphatic rings. The van der Waals surface area contributed by atoms with Crippen molar-refractivity contribution in [3.63, 3.8) is 0 Å². The van der Waals surface area contributed by atoms with Gasteiger partial charge in [-0.25, -0.2) is 13.2 Å². The number of carboxylic acid groups (broad SMARTS) is 1. The van der Waals surface area contributed by atoms with Crippen molar-refractivity contribution in [3.8, 4) is 0 Å². The lowest BCUT2D eigenvalue weighted by Gasteiger charge is -2.10. The number of aromatic carboxylic acids is 1. The van der Waals surface area contributed by atoms with Gasteiger partial charge in [-0.1, -0.05) is 42.5 Å². The summed E-state index contributed by atoms with van der Waals surface area (Å²) in [6.07, 6.45) is 1.44. The van der Waals surface area contributed by atoms with Gasteiger partial charge in [0.25, 0.3) is 10.0 Å². The molecule has 0 spiro atoms. The van der Waals surface area contributed by atoms with Crippen molar-refractivity contribution >= 4 is 27.8 Å². The lowest BCUT2D eigenvalue weighted by Crippen LogP contribution is -2.13. The van der Waals surface area contributed by atoms with Crippen LogP contribution in [0.1, 0.15) is 21.5 Å². The van der Waals surface area contributed by atoms with Crippen LogP contribution in [0.4, 0.5) is 5.69 Å². The molecular weight excluding hydrogens is 302 g/mol. The van der Waals surface area contributed by atoms with Gasteiger partial charge >= 0.3 is 5.97 Å². The number of carboxylic acids is 1. The normalized spacial score (nSPS) is 11.5. The summed E-state index contributed by atoms with van der Waals surface area (Å²) >= 11 is 0. The summed E-state index contributed by atoms with van der Waals surface area (Å²) in [4.78, 5) is 11.3. The number of aryl methyl sites for hydroxylation is 1. The van der Waals surface area contributed by atoms with E-state index in [2.05, 4.69) is 4.72 Å². The first-order chi connectivity index (χ1) is 10.4. The van der Waals surface area contributed by atoms with E-state index in [-0.39, 0.29) is 11.3 Å². The van der Waals surface area contributed by atoms with E-state index < -0.39 is 16.0 Å². The second-order valence-corrected chi connectivity index (χ2v) is 6.23. The number of rotatable bonds is 5. The van der Waals surface area contributed by atoms with Crippen LogP contribution in [0.5, 0.6) is 0 Å². The highest BCUT2D eigenvalue weighted by atomic mass is 32.2. The molecule has 2 rings (SSSR count). The number of benzene rings is 2. The highest BCUT2D eigenvalue weighted by Gasteiger charge is 2.16. The number of hydrogen-bond donors (Lipinski definition) is 2. The second kappa shape index (κ2) is 6.44. The van der Waals surface area contributed by atoms with Gasteiger partial charge in [-0.15, -0.1) is 0 Å². The molecule has 0 saturated carbocycles. The maximum absolute atomic E-state index is 12.1. The van der Waals surface area contributed by atoms with Crippen LogP contribution in [0.15, 0.2) is 53.9 Å². The molecule has 22 heavy (non-hydrogen) atoms. The average Bonchev–Trinajstić information content (AvgIpc) is 2.45. The summed E-state index contributed by atoms with van der Waals surface area (Å²) in [5, 5.41) is 10.2. The predicted octanol–water partition coefficient (Wildman–Crippen LogP) is 3.11. The van der Waals surface area contributed by atoms with E-state index in [1.807, 2.05) is 6.07 Å².